The van der Waals surface area contributed by atoms with Crippen LogP contribution in [0.5, 0.6) is 5.75 Å². The van der Waals surface area contributed by atoms with Crippen LogP contribution in [0.25, 0.3) is 11.5 Å². The van der Waals surface area contributed by atoms with Crippen molar-refractivity contribution in [3.63, 3.8) is 0 Å². The molecule has 0 aliphatic carbocycles. The number of nitrogens with zero attached hydrogens (tertiary/aromatic N) is 4. The van der Waals surface area contributed by atoms with E-state index in [1.165, 1.54) is 29.2 Å². The standard InChI is InChI=1S/C30H29F3N4O4/c1-28(18-36(2)19-28)29(39,22-12-14-24(15-13-22)40-30(31,32)33)23-11-7-10-21(16-23)26-34-25(35-41-26)27(38)37(3)17-20-8-5-4-6-9-20/h4-16,39H,17-19H2,1-3H3. The molecule has 0 saturated carbocycles. The molecule has 1 aliphatic rings. The van der Waals surface area contributed by atoms with E-state index in [0.717, 1.165) is 5.56 Å². The van der Waals surface area contributed by atoms with Crippen LogP contribution in [-0.4, -0.2) is 64.5 Å². The van der Waals surface area contributed by atoms with Gasteiger partial charge in [-0.05, 0) is 48.0 Å². The number of amides is 1. The first-order valence-corrected chi connectivity index (χ1v) is 12.9. The van der Waals surface area contributed by atoms with Crippen molar-refractivity contribution in [1.29, 1.82) is 0 Å². The van der Waals surface area contributed by atoms with Gasteiger partial charge in [0.25, 0.3) is 17.6 Å². The molecule has 8 nitrogen and oxygen atoms in total. The molecule has 5 rings (SSSR count). The summed E-state index contributed by atoms with van der Waals surface area (Å²) >= 11 is 0. The van der Waals surface area contributed by atoms with Gasteiger partial charge in [-0.2, -0.15) is 4.98 Å². The molecule has 0 radical (unpaired) electrons. The summed E-state index contributed by atoms with van der Waals surface area (Å²) < 4.78 is 47.6. The van der Waals surface area contributed by atoms with Crippen LogP contribution in [0, 0.1) is 5.41 Å². The van der Waals surface area contributed by atoms with E-state index in [2.05, 4.69) is 14.9 Å². The summed E-state index contributed by atoms with van der Waals surface area (Å²) in [5.74, 6) is -0.807. The number of alkyl halides is 3. The summed E-state index contributed by atoms with van der Waals surface area (Å²) in [5.41, 5.74) is 0.0776. The summed E-state index contributed by atoms with van der Waals surface area (Å²) in [6, 6.07) is 21.6. The number of rotatable bonds is 8. The third-order valence-corrected chi connectivity index (χ3v) is 7.37. The van der Waals surface area contributed by atoms with E-state index in [9.17, 15) is 23.1 Å². The van der Waals surface area contributed by atoms with Crippen LogP contribution in [-0.2, 0) is 12.1 Å². The Balaban J connectivity index is 1.45. The lowest BCUT2D eigenvalue weighted by Crippen LogP contribution is -2.63. The zero-order chi connectivity index (χ0) is 29.4. The molecule has 1 aromatic heterocycles. The number of ether oxygens (including phenoxy) is 1. The second kappa shape index (κ2) is 10.6. The molecule has 1 saturated heterocycles. The van der Waals surface area contributed by atoms with Crippen molar-refractivity contribution in [2.24, 2.45) is 5.41 Å². The van der Waals surface area contributed by atoms with Gasteiger partial charge in [-0.1, -0.05) is 66.7 Å². The zero-order valence-corrected chi connectivity index (χ0v) is 22.7. The van der Waals surface area contributed by atoms with Gasteiger partial charge in [-0.3, -0.25) is 4.79 Å². The van der Waals surface area contributed by atoms with E-state index >= 15 is 0 Å². The molecule has 41 heavy (non-hydrogen) atoms. The molecule has 4 aromatic rings. The molecule has 1 atom stereocenters. The minimum atomic E-state index is -4.82. The lowest BCUT2D eigenvalue weighted by molar-refractivity contribution is -0.274. The van der Waals surface area contributed by atoms with Gasteiger partial charge in [0.1, 0.15) is 11.4 Å². The molecule has 1 fully saturated rings. The van der Waals surface area contributed by atoms with Crippen molar-refractivity contribution in [2.45, 2.75) is 25.4 Å². The first kappa shape index (κ1) is 28.3. The number of carbonyl (C=O) groups is 1. The van der Waals surface area contributed by atoms with Crippen molar-refractivity contribution in [2.75, 3.05) is 27.2 Å². The van der Waals surface area contributed by atoms with E-state index in [4.69, 9.17) is 4.52 Å². The highest BCUT2D eigenvalue weighted by molar-refractivity contribution is 5.90. The van der Waals surface area contributed by atoms with Crippen molar-refractivity contribution < 1.29 is 32.3 Å². The van der Waals surface area contributed by atoms with Gasteiger partial charge in [0.2, 0.25) is 0 Å². The van der Waals surface area contributed by atoms with E-state index in [1.807, 2.05) is 49.2 Å². The minimum absolute atomic E-state index is 0.0930. The van der Waals surface area contributed by atoms with Gasteiger partial charge in [-0.15, -0.1) is 13.2 Å². The molecular weight excluding hydrogens is 537 g/mol. The van der Waals surface area contributed by atoms with Gasteiger partial charge in [0.15, 0.2) is 0 Å². The Kier molecular flexibility index (Phi) is 7.35. The lowest BCUT2D eigenvalue weighted by Gasteiger charge is -2.56. The highest BCUT2D eigenvalue weighted by atomic mass is 19.4. The molecule has 1 aliphatic heterocycles. The number of benzene rings is 3. The van der Waals surface area contributed by atoms with E-state index < -0.39 is 23.3 Å². The van der Waals surface area contributed by atoms with Crippen LogP contribution in [0.15, 0.2) is 83.4 Å². The van der Waals surface area contributed by atoms with Crippen molar-refractivity contribution in [3.8, 4) is 17.2 Å². The molecular formula is C30H29F3N4O4. The topological polar surface area (TPSA) is 91.9 Å². The highest BCUT2D eigenvalue weighted by Crippen LogP contribution is 2.50. The average Bonchev–Trinajstić information content (AvgIpc) is 3.42. The molecule has 1 amide bonds. The van der Waals surface area contributed by atoms with Crippen molar-refractivity contribution in [3.05, 3.63) is 101 Å². The van der Waals surface area contributed by atoms with E-state index in [1.54, 1.807) is 31.3 Å². The third-order valence-electron chi connectivity index (χ3n) is 7.37. The fraction of sp³-hybridized carbons (Fsp3) is 0.300. The quantitative estimate of drug-likeness (QED) is 0.318. The molecule has 1 unspecified atom stereocenters. The molecule has 0 spiro atoms. The molecule has 1 N–H and O–H groups in total. The summed E-state index contributed by atoms with van der Waals surface area (Å²) in [5, 5.41) is 16.2. The monoisotopic (exact) mass is 566 g/mol. The van der Waals surface area contributed by atoms with Crippen LogP contribution in [0.2, 0.25) is 0 Å². The number of likely N-dealkylation sites (tertiary alicyclic amines) is 1. The van der Waals surface area contributed by atoms with Crippen LogP contribution in [0.3, 0.4) is 0 Å². The van der Waals surface area contributed by atoms with Gasteiger partial charge in [-0.25, -0.2) is 0 Å². The van der Waals surface area contributed by atoms with Gasteiger partial charge in [0, 0.05) is 37.7 Å². The fourth-order valence-corrected chi connectivity index (χ4v) is 5.54. The minimum Gasteiger partial charge on any atom is -0.406 e. The predicted octanol–water partition coefficient (Wildman–Crippen LogP) is 5.10. The number of aliphatic hydroxyl groups is 1. The SMILES string of the molecule is CN1CC(C)(C(O)(c2ccc(OC(F)(F)F)cc2)c2cccc(-c3nc(C(=O)N(C)Cc4ccccc4)no3)c2)C1. The lowest BCUT2D eigenvalue weighted by atomic mass is 9.62. The largest absolute Gasteiger partial charge is 0.573 e. The highest BCUT2D eigenvalue weighted by Gasteiger charge is 2.55. The van der Waals surface area contributed by atoms with Crippen LogP contribution in [0.4, 0.5) is 13.2 Å². The smallest absolute Gasteiger partial charge is 0.406 e. The number of halogens is 3. The van der Waals surface area contributed by atoms with Crippen molar-refractivity contribution >= 4 is 5.91 Å². The van der Waals surface area contributed by atoms with Crippen LogP contribution in [0.1, 0.15) is 34.2 Å². The van der Waals surface area contributed by atoms with E-state index in [0.29, 0.717) is 36.3 Å². The summed E-state index contributed by atoms with van der Waals surface area (Å²) in [4.78, 5) is 20.8. The average molecular weight is 567 g/mol. The Morgan fingerprint density at radius 1 is 1.05 bits per heavy atom. The summed E-state index contributed by atoms with van der Waals surface area (Å²) in [6.45, 7) is 3.38. The number of carbonyl (C=O) groups excluding carboxylic acids is 1. The molecule has 11 heteroatoms. The number of hydrogen-bond acceptors (Lipinski definition) is 7. The maximum absolute atomic E-state index is 12.9. The number of hydrogen-bond donors (Lipinski definition) is 1. The second-order valence-corrected chi connectivity index (χ2v) is 10.7. The zero-order valence-electron chi connectivity index (χ0n) is 22.7. The normalized spacial score (nSPS) is 16.5. The summed E-state index contributed by atoms with van der Waals surface area (Å²) in [7, 11) is 3.57. The Morgan fingerprint density at radius 2 is 1.73 bits per heavy atom. The summed E-state index contributed by atoms with van der Waals surface area (Å²) in [6.07, 6.45) is -4.82. The Morgan fingerprint density at radius 3 is 2.37 bits per heavy atom. The van der Waals surface area contributed by atoms with Gasteiger partial charge >= 0.3 is 6.36 Å². The first-order valence-electron chi connectivity index (χ1n) is 12.9. The number of aromatic nitrogens is 2. The van der Waals surface area contributed by atoms with E-state index in [-0.39, 0.29) is 17.5 Å². The predicted molar refractivity (Wildman–Crippen MR) is 144 cm³/mol. The maximum atomic E-state index is 12.9. The molecule has 2 heterocycles. The fourth-order valence-electron chi connectivity index (χ4n) is 5.54. The van der Waals surface area contributed by atoms with Gasteiger partial charge < -0.3 is 24.2 Å². The molecule has 3 aromatic carbocycles. The van der Waals surface area contributed by atoms with Gasteiger partial charge in [0.05, 0.1) is 0 Å². The maximum Gasteiger partial charge on any atom is 0.573 e. The van der Waals surface area contributed by atoms with Crippen LogP contribution < -0.4 is 4.74 Å². The Hall–Kier alpha value is -4.22. The Labute approximate surface area is 235 Å². The van der Waals surface area contributed by atoms with Crippen LogP contribution >= 0.6 is 0 Å². The first-order chi connectivity index (χ1) is 19.4. The third kappa shape index (κ3) is 5.68. The Bertz CT molecular complexity index is 1520. The molecule has 214 valence electrons. The second-order valence-electron chi connectivity index (χ2n) is 10.7. The van der Waals surface area contributed by atoms with Crippen molar-refractivity contribution in [1.82, 2.24) is 19.9 Å². The molecule has 0 bridgehead atoms.